The summed E-state index contributed by atoms with van der Waals surface area (Å²) in [6, 6.07) is 0. The molecule has 0 rings (SSSR count). The molecule has 0 aliphatic heterocycles. The summed E-state index contributed by atoms with van der Waals surface area (Å²) in [5.41, 5.74) is 0. The predicted octanol–water partition coefficient (Wildman–Crippen LogP) is 9.94. The van der Waals surface area contributed by atoms with Crippen molar-refractivity contribution in [3.63, 3.8) is 0 Å². The van der Waals surface area contributed by atoms with Gasteiger partial charge in [0.2, 0.25) is 0 Å². The van der Waals surface area contributed by atoms with E-state index >= 15 is 0 Å². The summed E-state index contributed by atoms with van der Waals surface area (Å²) in [7, 11) is 0. The van der Waals surface area contributed by atoms with Crippen molar-refractivity contribution >= 4 is 11.9 Å². The lowest BCUT2D eigenvalue weighted by molar-refractivity contribution is -0.187. The molecule has 0 saturated carbocycles. The molecule has 0 fully saturated rings. The maximum absolute atomic E-state index is 12.4. The van der Waals surface area contributed by atoms with Crippen LogP contribution in [0.1, 0.15) is 194 Å². The number of carbonyl (C=O) groups excluding carboxylic acids is 2. The van der Waals surface area contributed by atoms with Crippen molar-refractivity contribution in [3.05, 3.63) is 0 Å². The number of ether oxygens (including phenoxy) is 2. The van der Waals surface area contributed by atoms with Crippen LogP contribution in [0.15, 0.2) is 0 Å². The first-order chi connectivity index (χ1) is 20.6. The standard InChI is InChI=1S/C36H71NO5/c1-3-5-7-9-11-13-15-17-19-21-23-25-27-29-34(39)41-36(33-37-31-32-38)42-35(40)30-28-26-24-22-20-18-16-14-12-10-8-6-4-2/h36-38H,3-33H2,1-2H3. The molecule has 6 heteroatoms. The Morgan fingerprint density at radius 3 is 1.07 bits per heavy atom. The lowest BCUT2D eigenvalue weighted by Crippen LogP contribution is -2.36. The van der Waals surface area contributed by atoms with E-state index in [0.717, 1.165) is 38.5 Å². The van der Waals surface area contributed by atoms with E-state index in [1.54, 1.807) is 0 Å². The van der Waals surface area contributed by atoms with Crippen molar-refractivity contribution in [1.82, 2.24) is 5.32 Å². The smallest absolute Gasteiger partial charge is 0.308 e. The summed E-state index contributed by atoms with van der Waals surface area (Å²) in [6.07, 6.45) is 32.6. The molecule has 6 nitrogen and oxygen atoms in total. The lowest BCUT2D eigenvalue weighted by atomic mass is 10.0. The molecule has 0 bridgehead atoms. The summed E-state index contributed by atoms with van der Waals surface area (Å²) in [5, 5.41) is 12.0. The van der Waals surface area contributed by atoms with Crippen molar-refractivity contribution in [3.8, 4) is 0 Å². The number of carbonyl (C=O) groups is 2. The number of hydrogen-bond acceptors (Lipinski definition) is 6. The zero-order chi connectivity index (χ0) is 30.8. The summed E-state index contributed by atoms with van der Waals surface area (Å²) < 4.78 is 10.9. The number of rotatable bonds is 34. The van der Waals surface area contributed by atoms with Gasteiger partial charge in [0, 0.05) is 19.4 Å². The van der Waals surface area contributed by atoms with Gasteiger partial charge in [-0.2, -0.15) is 0 Å². The second kappa shape index (κ2) is 34.4. The summed E-state index contributed by atoms with van der Waals surface area (Å²) in [5.74, 6) is -0.634. The lowest BCUT2D eigenvalue weighted by Gasteiger charge is -2.19. The Morgan fingerprint density at radius 1 is 0.500 bits per heavy atom. The van der Waals surface area contributed by atoms with Gasteiger partial charge in [0.1, 0.15) is 0 Å². The molecule has 0 unspecified atom stereocenters. The highest BCUT2D eigenvalue weighted by Crippen LogP contribution is 2.15. The van der Waals surface area contributed by atoms with E-state index in [2.05, 4.69) is 19.2 Å². The molecule has 0 aromatic carbocycles. The number of esters is 2. The average Bonchev–Trinajstić information content (AvgIpc) is 2.98. The molecular formula is C36H71NO5. The first-order valence-electron chi connectivity index (χ1n) is 18.3. The normalized spacial score (nSPS) is 11.3. The Morgan fingerprint density at radius 2 is 0.786 bits per heavy atom. The van der Waals surface area contributed by atoms with Gasteiger partial charge in [-0.3, -0.25) is 9.59 Å². The van der Waals surface area contributed by atoms with Gasteiger partial charge in [-0.15, -0.1) is 0 Å². The molecule has 0 atom stereocenters. The van der Waals surface area contributed by atoms with E-state index in [1.165, 1.54) is 128 Å². The summed E-state index contributed by atoms with van der Waals surface area (Å²) in [6.45, 7) is 5.07. The Hall–Kier alpha value is -1.14. The second-order valence-electron chi connectivity index (χ2n) is 12.3. The molecule has 42 heavy (non-hydrogen) atoms. The fourth-order valence-electron chi connectivity index (χ4n) is 5.39. The zero-order valence-corrected chi connectivity index (χ0v) is 28.1. The van der Waals surface area contributed by atoms with Crippen LogP contribution >= 0.6 is 0 Å². The topological polar surface area (TPSA) is 84.9 Å². The largest absolute Gasteiger partial charge is 0.424 e. The third-order valence-corrected chi connectivity index (χ3v) is 8.09. The molecule has 0 heterocycles. The van der Waals surface area contributed by atoms with Gasteiger partial charge in [-0.05, 0) is 12.8 Å². The fourth-order valence-corrected chi connectivity index (χ4v) is 5.39. The van der Waals surface area contributed by atoms with Crippen LogP contribution in [0, 0.1) is 0 Å². The predicted molar refractivity (Wildman–Crippen MR) is 177 cm³/mol. The highest BCUT2D eigenvalue weighted by atomic mass is 16.7. The maximum atomic E-state index is 12.4. The van der Waals surface area contributed by atoms with Crippen LogP contribution < -0.4 is 5.32 Å². The fraction of sp³-hybridized carbons (Fsp3) is 0.944. The number of nitrogens with one attached hydrogen (secondary N) is 1. The molecule has 250 valence electrons. The van der Waals surface area contributed by atoms with Crippen LogP contribution in [-0.2, 0) is 19.1 Å². The molecule has 0 spiro atoms. The van der Waals surface area contributed by atoms with Crippen molar-refractivity contribution < 1.29 is 24.2 Å². The number of aliphatic hydroxyl groups excluding tert-OH is 1. The third-order valence-electron chi connectivity index (χ3n) is 8.09. The Balaban J connectivity index is 3.83. The van der Waals surface area contributed by atoms with Gasteiger partial charge in [0.25, 0.3) is 6.29 Å². The van der Waals surface area contributed by atoms with Crippen LogP contribution in [0.5, 0.6) is 0 Å². The molecule has 0 aliphatic carbocycles. The van der Waals surface area contributed by atoms with Crippen molar-refractivity contribution in [2.75, 3.05) is 19.7 Å². The van der Waals surface area contributed by atoms with Crippen LogP contribution in [0.25, 0.3) is 0 Å². The molecule has 0 aliphatic rings. The number of aliphatic hydroxyl groups is 1. The third kappa shape index (κ3) is 31.8. The Bertz CT molecular complexity index is 527. The molecule has 0 radical (unpaired) electrons. The van der Waals surface area contributed by atoms with Crippen LogP contribution in [0.2, 0.25) is 0 Å². The van der Waals surface area contributed by atoms with E-state index < -0.39 is 6.29 Å². The van der Waals surface area contributed by atoms with Gasteiger partial charge in [-0.1, -0.05) is 168 Å². The summed E-state index contributed by atoms with van der Waals surface area (Å²) >= 11 is 0. The van der Waals surface area contributed by atoms with E-state index in [-0.39, 0.29) is 25.1 Å². The first-order valence-corrected chi connectivity index (χ1v) is 18.3. The monoisotopic (exact) mass is 598 g/mol. The van der Waals surface area contributed by atoms with Gasteiger partial charge >= 0.3 is 11.9 Å². The van der Waals surface area contributed by atoms with Crippen molar-refractivity contribution in [2.24, 2.45) is 0 Å². The molecule has 0 aromatic heterocycles. The highest BCUT2D eigenvalue weighted by Gasteiger charge is 2.18. The first kappa shape index (κ1) is 40.9. The SMILES string of the molecule is CCCCCCCCCCCCCCCC(=O)OC(CNCCO)OC(=O)CCCCCCCCCCCCCCC. The van der Waals surface area contributed by atoms with E-state index in [9.17, 15) is 9.59 Å². The van der Waals surface area contributed by atoms with Gasteiger partial charge < -0.3 is 19.9 Å². The van der Waals surface area contributed by atoms with Crippen molar-refractivity contribution in [1.29, 1.82) is 0 Å². The quantitative estimate of drug-likeness (QED) is 0.0436. The zero-order valence-electron chi connectivity index (χ0n) is 28.1. The highest BCUT2D eigenvalue weighted by molar-refractivity contribution is 5.71. The molecular weight excluding hydrogens is 526 g/mol. The number of hydrogen-bond donors (Lipinski definition) is 2. The minimum absolute atomic E-state index is 0.0213. The van der Waals surface area contributed by atoms with Gasteiger partial charge in [-0.25, -0.2) is 0 Å². The van der Waals surface area contributed by atoms with Crippen molar-refractivity contribution in [2.45, 2.75) is 200 Å². The van der Waals surface area contributed by atoms with E-state index in [1.807, 2.05) is 0 Å². The summed E-state index contributed by atoms with van der Waals surface area (Å²) in [4.78, 5) is 24.7. The van der Waals surface area contributed by atoms with Gasteiger partial charge in [0.15, 0.2) is 0 Å². The van der Waals surface area contributed by atoms with Gasteiger partial charge in [0.05, 0.1) is 13.2 Å². The molecule has 0 amide bonds. The minimum Gasteiger partial charge on any atom is -0.424 e. The minimum atomic E-state index is -0.930. The van der Waals surface area contributed by atoms with Crippen LogP contribution in [0.4, 0.5) is 0 Å². The van der Waals surface area contributed by atoms with E-state index in [0.29, 0.717) is 19.4 Å². The number of unbranched alkanes of at least 4 members (excludes halogenated alkanes) is 24. The molecule has 0 saturated heterocycles. The maximum Gasteiger partial charge on any atom is 0.308 e. The average molecular weight is 598 g/mol. The Labute approximate surface area is 260 Å². The van der Waals surface area contributed by atoms with Crippen LogP contribution in [0.3, 0.4) is 0 Å². The Kier molecular flexibility index (Phi) is 33.4. The second-order valence-corrected chi connectivity index (χ2v) is 12.3. The molecule has 2 N–H and O–H groups in total. The van der Waals surface area contributed by atoms with Crippen LogP contribution in [-0.4, -0.2) is 43.0 Å². The van der Waals surface area contributed by atoms with E-state index in [4.69, 9.17) is 14.6 Å². The molecule has 0 aromatic rings.